The minimum absolute atomic E-state index is 0.0450. The maximum absolute atomic E-state index is 13.2. The first-order valence-electron chi connectivity index (χ1n) is 11.8. The van der Waals surface area contributed by atoms with Gasteiger partial charge < -0.3 is 37.4 Å². The van der Waals surface area contributed by atoms with Gasteiger partial charge in [-0.1, -0.05) is 5.16 Å². The number of aliphatic carboxylic acids is 1. The van der Waals surface area contributed by atoms with Crippen molar-refractivity contribution in [1.29, 1.82) is 0 Å². The van der Waals surface area contributed by atoms with Gasteiger partial charge in [-0.05, 0) is 0 Å². The van der Waals surface area contributed by atoms with Gasteiger partial charge >= 0.3 is 22.3 Å². The first-order valence-corrected chi connectivity index (χ1v) is 14.1. The van der Waals surface area contributed by atoms with Crippen LogP contribution in [0.15, 0.2) is 16.7 Å². The first-order chi connectivity index (χ1) is 19.3. The van der Waals surface area contributed by atoms with Crippen LogP contribution in [-0.4, -0.2) is 103 Å². The molecule has 4 amide bonds. The van der Waals surface area contributed by atoms with E-state index in [1.54, 1.807) is 0 Å². The molecule has 0 aromatic carbocycles. The lowest BCUT2D eigenvalue weighted by Crippen LogP contribution is -2.73. The molecule has 1 aliphatic heterocycles. The van der Waals surface area contributed by atoms with E-state index in [1.807, 2.05) is 0 Å². The topological polar surface area (TPSA) is 299 Å². The van der Waals surface area contributed by atoms with E-state index in [1.165, 1.54) is 11.6 Å². The van der Waals surface area contributed by atoms with Crippen LogP contribution in [0.2, 0.25) is 0 Å². The lowest BCUT2D eigenvalue weighted by Gasteiger charge is -2.43. The van der Waals surface area contributed by atoms with Crippen LogP contribution in [0.5, 0.6) is 0 Å². The predicted molar refractivity (Wildman–Crippen MR) is 137 cm³/mol. The molecule has 2 fully saturated rings. The summed E-state index contributed by atoms with van der Waals surface area (Å²) in [5.41, 5.74) is 9.03. The minimum atomic E-state index is -5.04. The highest BCUT2D eigenvalue weighted by atomic mass is 32.2. The largest absolute Gasteiger partial charge is 0.478 e. The second-order valence-electron chi connectivity index (χ2n) is 8.82. The van der Waals surface area contributed by atoms with Gasteiger partial charge in [0.05, 0.1) is 19.3 Å². The molecular formula is C19H25N11O9S2. The lowest BCUT2D eigenvalue weighted by atomic mass is 9.98. The van der Waals surface area contributed by atoms with E-state index in [-0.39, 0.29) is 53.3 Å². The molecule has 0 radical (unpaired) electrons. The number of nitrogens with two attached hydrogens (primary N) is 2. The molecule has 22 heteroatoms. The number of β-lactam (4-membered cyclic amide) rings is 1. The number of urea groups is 1. The Morgan fingerprint density at radius 1 is 1.29 bits per heavy atom. The number of carbonyl (C=O) groups excluding carboxylic acids is 3. The first kappa shape index (κ1) is 29.6. The van der Waals surface area contributed by atoms with Crippen molar-refractivity contribution in [2.75, 3.05) is 18.8 Å². The molecule has 1 saturated carbocycles. The minimum Gasteiger partial charge on any atom is -0.478 e. The molecule has 20 nitrogen and oxygen atoms in total. The molecule has 2 atom stereocenters. The number of carboxylic acids is 1. The van der Waals surface area contributed by atoms with Crippen LogP contribution < -0.4 is 27.4 Å². The van der Waals surface area contributed by atoms with Crippen LogP contribution >= 0.6 is 11.3 Å². The number of rotatable bonds is 13. The number of aromatic nitrogens is 4. The average Bonchev–Trinajstić information content (AvgIpc) is 3.37. The molecule has 1 saturated heterocycles. The Bertz CT molecular complexity index is 1480. The van der Waals surface area contributed by atoms with Crippen LogP contribution in [0.4, 0.5) is 9.93 Å². The predicted octanol–water partition coefficient (Wildman–Crippen LogP) is -3.39. The number of hydrogen-bond donors (Lipinski definition) is 7. The van der Waals surface area contributed by atoms with Crippen LogP contribution in [0.1, 0.15) is 24.2 Å². The van der Waals surface area contributed by atoms with Crippen molar-refractivity contribution in [1.82, 2.24) is 40.2 Å². The van der Waals surface area contributed by atoms with Crippen LogP contribution in [0.3, 0.4) is 0 Å². The Labute approximate surface area is 234 Å². The molecule has 41 heavy (non-hydrogen) atoms. The third kappa shape index (κ3) is 6.67. The monoisotopic (exact) mass is 615 g/mol. The van der Waals surface area contributed by atoms with Gasteiger partial charge in [0.25, 0.3) is 11.8 Å². The fraction of sp³-hybridized carbons (Fsp3) is 0.474. The van der Waals surface area contributed by atoms with E-state index in [2.05, 4.69) is 36.3 Å². The highest BCUT2D eigenvalue weighted by Crippen LogP contribution is 2.40. The summed E-state index contributed by atoms with van der Waals surface area (Å²) in [4.78, 5) is 59.0. The van der Waals surface area contributed by atoms with E-state index in [4.69, 9.17) is 16.3 Å². The van der Waals surface area contributed by atoms with Crippen molar-refractivity contribution in [3.8, 4) is 0 Å². The Kier molecular flexibility index (Phi) is 8.37. The molecule has 0 spiro atoms. The summed E-state index contributed by atoms with van der Waals surface area (Å²) in [7, 11) is -5.04. The normalized spacial score (nSPS) is 19.7. The molecule has 1 aliphatic carbocycles. The number of nitrogens with one attached hydrogen (secondary N) is 3. The maximum Gasteiger partial charge on any atom is 0.362 e. The van der Waals surface area contributed by atoms with Gasteiger partial charge in [0.15, 0.2) is 10.8 Å². The Morgan fingerprint density at radius 2 is 2.02 bits per heavy atom. The van der Waals surface area contributed by atoms with Gasteiger partial charge in [-0.3, -0.25) is 14.1 Å². The van der Waals surface area contributed by atoms with E-state index in [0.29, 0.717) is 0 Å². The highest BCUT2D eigenvalue weighted by molar-refractivity contribution is 7.84. The number of carboxylic acid groups (broad SMARTS) is 1. The van der Waals surface area contributed by atoms with Crippen molar-refractivity contribution in [3.05, 3.63) is 23.0 Å². The number of hydrogen-bond acceptors (Lipinski definition) is 14. The lowest BCUT2D eigenvalue weighted by molar-refractivity contribution is -0.153. The van der Waals surface area contributed by atoms with E-state index in [9.17, 15) is 37.3 Å². The molecule has 1 unspecified atom stereocenters. The number of anilines is 1. The van der Waals surface area contributed by atoms with Gasteiger partial charge in [0.1, 0.15) is 23.5 Å². The standard InChI is InChI=1S/C19H25N11O9S2/c20-3-4-22-18(35)23-5-9-6-24-29(27-9)7-11-13(15(32)30(11)41(36,37)38)26-14(31)12(10-8-40-17(21)25-10)28-39-19(1-2-19)16(33)34/h6,8,11,13H,1-5,7,20H2,(H2,21,25)(H,26,31)(H,33,34)(H2,22,23,35)(H,36,37,38)/b28-12-/t11-,13?/m0/s1. The molecule has 2 aliphatic rings. The Hall–Kier alpha value is -4.41. The molecule has 0 bridgehead atoms. The van der Waals surface area contributed by atoms with Crippen LogP contribution in [-0.2, 0) is 42.6 Å². The van der Waals surface area contributed by atoms with E-state index < -0.39 is 64.1 Å². The third-order valence-electron chi connectivity index (χ3n) is 5.88. The number of nitrogen functional groups attached to an aromatic ring is 1. The zero-order chi connectivity index (χ0) is 29.9. The zero-order valence-electron chi connectivity index (χ0n) is 21.0. The number of oxime groups is 1. The van der Waals surface area contributed by atoms with Crippen molar-refractivity contribution < 1.29 is 42.1 Å². The average molecular weight is 616 g/mol. The summed E-state index contributed by atoms with van der Waals surface area (Å²) in [6.07, 6.45) is 1.58. The molecule has 9 N–H and O–H groups in total. The molecule has 4 rings (SSSR count). The number of nitrogens with zero attached hydrogens (tertiary/aromatic N) is 6. The van der Waals surface area contributed by atoms with Gasteiger partial charge in [0.2, 0.25) is 5.60 Å². The SMILES string of the molecule is NCCNC(=O)NCc1cnn(C[C@H]2C(NC(=O)/C(=N\OC3(C(=O)O)CC3)c3csc(N)n3)C(=O)N2S(=O)(=O)O)n1. The number of thiazole rings is 1. The second kappa shape index (κ2) is 11.6. The van der Waals surface area contributed by atoms with Crippen molar-refractivity contribution >= 4 is 56.3 Å². The smallest absolute Gasteiger partial charge is 0.362 e. The molecule has 2 aromatic rings. The van der Waals surface area contributed by atoms with Crippen LogP contribution in [0, 0.1) is 0 Å². The summed E-state index contributed by atoms with van der Waals surface area (Å²) < 4.78 is 33.5. The van der Waals surface area contributed by atoms with Crippen molar-refractivity contribution in [2.45, 2.75) is 43.6 Å². The fourth-order valence-corrected chi connectivity index (χ4v) is 5.05. The quantitative estimate of drug-likeness (QED) is 0.0500. The molecular weight excluding hydrogens is 590 g/mol. The highest BCUT2D eigenvalue weighted by Gasteiger charge is 2.56. The van der Waals surface area contributed by atoms with Gasteiger partial charge in [-0.25, -0.2) is 18.9 Å². The second-order valence-corrected chi connectivity index (χ2v) is 11.0. The summed E-state index contributed by atoms with van der Waals surface area (Å²) in [6, 6.07) is -3.39. The number of carbonyl (C=O) groups is 4. The van der Waals surface area contributed by atoms with Crippen molar-refractivity contribution in [2.24, 2.45) is 10.9 Å². The summed E-state index contributed by atoms with van der Waals surface area (Å²) in [6.45, 7) is 0.0514. The van der Waals surface area contributed by atoms with Gasteiger partial charge in [-0.15, -0.1) is 11.3 Å². The Balaban J connectivity index is 1.50. The Morgan fingerprint density at radius 3 is 2.61 bits per heavy atom. The number of amides is 4. The maximum atomic E-state index is 13.2. The van der Waals surface area contributed by atoms with Crippen molar-refractivity contribution in [3.63, 3.8) is 0 Å². The third-order valence-corrected chi connectivity index (χ3v) is 7.51. The molecule has 2 aromatic heterocycles. The zero-order valence-corrected chi connectivity index (χ0v) is 22.6. The van der Waals surface area contributed by atoms with Crippen LogP contribution in [0.25, 0.3) is 0 Å². The van der Waals surface area contributed by atoms with Gasteiger partial charge in [0, 0.05) is 31.3 Å². The summed E-state index contributed by atoms with van der Waals surface area (Å²) in [5.74, 6) is -3.51. The van der Waals surface area contributed by atoms with E-state index >= 15 is 0 Å². The molecule has 222 valence electrons. The molecule has 3 heterocycles. The van der Waals surface area contributed by atoms with Gasteiger partial charge in [-0.2, -0.15) is 23.4 Å². The summed E-state index contributed by atoms with van der Waals surface area (Å²) >= 11 is 0.953. The summed E-state index contributed by atoms with van der Waals surface area (Å²) in [5, 5.41) is 29.8. The fourth-order valence-electron chi connectivity index (χ4n) is 3.63. The van der Waals surface area contributed by atoms with E-state index in [0.717, 1.165) is 16.1 Å².